The number of Topliss-reactive ketones (excluding diaryl/α,β-unsaturated/α-hetero) is 1. The zero-order chi connectivity index (χ0) is 14.6. The lowest BCUT2D eigenvalue weighted by Gasteiger charge is -2.14. The van der Waals surface area contributed by atoms with Gasteiger partial charge in [-0.2, -0.15) is 0 Å². The summed E-state index contributed by atoms with van der Waals surface area (Å²) in [6.07, 6.45) is -0.271. The summed E-state index contributed by atoms with van der Waals surface area (Å²) in [6.45, 7) is 3.65. The SMILES string of the molecule is COc1cc(C)c(C(=O)CP(=O)(OC)OC)cc1C. The third kappa shape index (κ3) is 3.66. The molecule has 0 unspecified atom stereocenters. The Hall–Kier alpha value is -1.16. The van der Waals surface area contributed by atoms with E-state index in [2.05, 4.69) is 0 Å². The lowest BCUT2D eigenvalue weighted by molar-refractivity contribution is 0.101. The zero-order valence-corrected chi connectivity index (χ0v) is 12.7. The average molecular weight is 286 g/mol. The smallest absolute Gasteiger partial charge is 0.337 e. The maximum absolute atomic E-state index is 12.2. The number of methoxy groups -OCH3 is 1. The van der Waals surface area contributed by atoms with Gasteiger partial charge in [0.25, 0.3) is 0 Å². The van der Waals surface area contributed by atoms with E-state index in [1.54, 1.807) is 26.2 Å². The van der Waals surface area contributed by atoms with E-state index < -0.39 is 7.60 Å². The topological polar surface area (TPSA) is 61.8 Å². The Labute approximate surface area is 113 Å². The van der Waals surface area contributed by atoms with Crippen LogP contribution in [0.1, 0.15) is 21.5 Å². The first-order valence-electron chi connectivity index (χ1n) is 5.76. The molecule has 0 aliphatic heterocycles. The molecule has 0 saturated carbocycles. The van der Waals surface area contributed by atoms with Crippen LogP contribution in [0.3, 0.4) is 0 Å². The van der Waals surface area contributed by atoms with Gasteiger partial charge in [0.05, 0.1) is 7.11 Å². The third-order valence-corrected chi connectivity index (χ3v) is 4.72. The highest BCUT2D eigenvalue weighted by Crippen LogP contribution is 2.46. The number of ketones is 1. The molecule has 0 saturated heterocycles. The summed E-state index contributed by atoms with van der Waals surface area (Å²) in [7, 11) is 0.775. The fourth-order valence-electron chi connectivity index (χ4n) is 1.77. The first-order chi connectivity index (χ1) is 8.86. The Kier molecular flexibility index (Phi) is 5.29. The van der Waals surface area contributed by atoms with Crippen LogP contribution in [0.15, 0.2) is 12.1 Å². The van der Waals surface area contributed by atoms with Crippen LogP contribution in [0, 0.1) is 13.8 Å². The van der Waals surface area contributed by atoms with E-state index in [9.17, 15) is 9.36 Å². The largest absolute Gasteiger partial charge is 0.496 e. The lowest BCUT2D eigenvalue weighted by Crippen LogP contribution is -2.10. The summed E-state index contributed by atoms with van der Waals surface area (Å²) in [5, 5.41) is 0. The predicted octanol–water partition coefficient (Wildman–Crippen LogP) is 2.98. The van der Waals surface area contributed by atoms with Crippen molar-refractivity contribution in [2.45, 2.75) is 13.8 Å². The number of benzene rings is 1. The molecule has 0 atom stereocenters. The Morgan fingerprint density at radius 1 is 1.11 bits per heavy atom. The van der Waals surface area contributed by atoms with Crippen LogP contribution in [-0.2, 0) is 13.6 Å². The van der Waals surface area contributed by atoms with Gasteiger partial charge in [-0.3, -0.25) is 9.36 Å². The molecule has 1 rings (SSSR count). The average Bonchev–Trinajstić information content (AvgIpc) is 2.40. The van der Waals surface area contributed by atoms with Crippen molar-refractivity contribution in [1.82, 2.24) is 0 Å². The number of hydrogen-bond donors (Lipinski definition) is 0. The molecule has 1 aromatic carbocycles. The second-order valence-electron chi connectivity index (χ2n) is 4.19. The molecular formula is C13H19O5P. The fraction of sp³-hybridized carbons (Fsp3) is 0.462. The van der Waals surface area contributed by atoms with Gasteiger partial charge in [0.2, 0.25) is 0 Å². The summed E-state index contributed by atoms with van der Waals surface area (Å²) in [5.74, 6) is 0.450. The van der Waals surface area contributed by atoms with E-state index in [1.807, 2.05) is 6.92 Å². The van der Waals surface area contributed by atoms with E-state index in [1.165, 1.54) is 14.2 Å². The molecule has 0 amide bonds. The molecule has 0 spiro atoms. The number of ether oxygens (including phenoxy) is 1. The van der Waals surface area contributed by atoms with Gasteiger partial charge < -0.3 is 13.8 Å². The van der Waals surface area contributed by atoms with Crippen LogP contribution >= 0.6 is 7.60 Å². The monoisotopic (exact) mass is 286 g/mol. The van der Waals surface area contributed by atoms with Crippen molar-refractivity contribution < 1.29 is 23.1 Å². The van der Waals surface area contributed by atoms with Crippen molar-refractivity contribution in [1.29, 1.82) is 0 Å². The number of carbonyl (C=O) groups excluding carboxylic acids is 1. The number of carbonyl (C=O) groups is 1. The highest BCUT2D eigenvalue weighted by atomic mass is 31.2. The molecule has 106 valence electrons. The van der Waals surface area contributed by atoms with Crippen molar-refractivity contribution in [2.24, 2.45) is 0 Å². The minimum Gasteiger partial charge on any atom is -0.496 e. The van der Waals surface area contributed by atoms with Gasteiger partial charge in [0.1, 0.15) is 11.9 Å². The summed E-state index contributed by atoms with van der Waals surface area (Å²) >= 11 is 0. The summed E-state index contributed by atoms with van der Waals surface area (Å²) in [5.41, 5.74) is 2.12. The van der Waals surface area contributed by atoms with E-state index in [-0.39, 0.29) is 11.9 Å². The first-order valence-corrected chi connectivity index (χ1v) is 7.48. The van der Waals surface area contributed by atoms with Crippen LogP contribution in [0.2, 0.25) is 0 Å². The Morgan fingerprint density at radius 2 is 1.68 bits per heavy atom. The minimum atomic E-state index is -3.34. The molecule has 5 nitrogen and oxygen atoms in total. The molecule has 19 heavy (non-hydrogen) atoms. The highest BCUT2D eigenvalue weighted by Gasteiger charge is 2.27. The zero-order valence-electron chi connectivity index (χ0n) is 11.9. The quantitative estimate of drug-likeness (QED) is 0.594. The molecule has 0 bridgehead atoms. The lowest BCUT2D eigenvalue weighted by atomic mass is 10.0. The van der Waals surface area contributed by atoms with Gasteiger partial charge in [-0.05, 0) is 37.1 Å². The molecule has 0 fully saturated rings. The molecule has 0 aliphatic carbocycles. The maximum Gasteiger partial charge on any atom is 0.337 e. The van der Waals surface area contributed by atoms with Crippen molar-refractivity contribution in [2.75, 3.05) is 27.5 Å². The molecule has 0 N–H and O–H groups in total. The number of aryl methyl sites for hydroxylation is 2. The Morgan fingerprint density at radius 3 is 2.16 bits per heavy atom. The molecule has 0 aromatic heterocycles. The molecule has 0 radical (unpaired) electrons. The fourth-order valence-corrected chi connectivity index (χ4v) is 2.70. The highest BCUT2D eigenvalue weighted by molar-refractivity contribution is 7.54. The summed E-state index contributed by atoms with van der Waals surface area (Å²) in [6, 6.07) is 3.51. The standard InChI is InChI=1S/C13H19O5P/c1-9-7-13(16-3)10(2)6-11(9)12(14)8-19(15,17-4)18-5/h6-7H,8H2,1-5H3. The second-order valence-corrected chi connectivity index (χ2v) is 6.46. The summed E-state index contributed by atoms with van der Waals surface area (Å²) in [4.78, 5) is 12.2. The van der Waals surface area contributed by atoms with Gasteiger partial charge in [0.15, 0.2) is 5.78 Å². The van der Waals surface area contributed by atoms with Gasteiger partial charge in [-0.15, -0.1) is 0 Å². The van der Waals surface area contributed by atoms with Crippen molar-refractivity contribution in [3.63, 3.8) is 0 Å². The molecule has 1 aromatic rings. The van der Waals surface area contributed by atoms with E-state index in [0.29, 0.717) is 5.56 Å². The predicted molar refractivity (Wildman–Crippen MR) is 73.3 cm³/mol. The van der Waals surface area contributed by atoms with Crippen molar-refractivity contribution >= 4 is 13.4 Å². The van der Waals surface area contributed by atoms with Crippen LogP contribution in [0.4, 0.5) is 0 Å². The van der Waals surface area contributed by atoms with Gasteiger partial charge >= 0.3 is 7.60 Å². The minimum absolute atomic E-state index is 0.268. The number of hydrogen-bond acceptors (Lipinski definition) is 5. The van der Waals surface area contributed by atoms with Crippen LogP contribution in [0.5, 0.6) is 5.75 Å². The third-order valence-electron chi connectivity index (χ3n) is 2.94. The maximum atomic E-state index is 12.2. The summed E-state index contributed by atoms with van der Waals surface area (Å²) < 4.78 is 26.7. The van der Waals surface area contributed by atoms with E-state index >= 15 is 0 Å². The van der Waals surface area contributed by atoms with Crippen molar-refractivity contribution in [3.8, 4) is 5.75 Å². The molecular weight excluding hydrogens is 267 g/mol. The van der Waals surface area contributed by atoms with Crippen LogP contribution in [-0.4, -0.2) is 33.3 Å². The van der Waals surface area contributed by atoms with Gasteiger partial charge in [-0.1, -0.05) is 0 Å². The van der Waals surface area contributed by atoms with Gasteiger partial charge in [0, 0.05) is 19.8 Å². The molecule has 6 heteroatoms. The van der Waals surface area contributed by atoms with Crippen LogP contribution in [0.25, 0.3) is 0 Å². The second kappa shape index (κ2) is 6.33. The van der Waals surface area contributed by atoms with Gasteiger partial charge in [-0.25, -0.2) is 0 Å². The molecule has 0 heterocycles. The van der Waals surface area contributed by atoms with E-state index in [0.717, 1.165) is 16.9 Å². The Balaban J connectivity index is 3.07. The van der Waals surface area contributed by atoms with Crippen molar-refractivity contribution in [3.05, 3.63) is 28.8 Å². The number of rotatable bonds is 6. The molecule has 0 aliphatic rings. The normalized spacial score (nSPS) is 11.4. The van der Waals surface area contributed by atoms with Crippen LogP contribution < -0.4 is 4.74 Å². The Bertz CT molecular complexity index is 516. The van der Waals surface area contributed by atoms with E-state index in [4.69, 9.17) is 13.8 Å². The first kappa shape index (κ1) is 15.9.